The van der Waals surface area contributed by atoms with E-state index in [-0.39, 0.29) is 0 Å². The van der Waals surface area contributed by atoms with Crippen LogP contribution in [-0.4, -0.2) is 0 Å². The summed E-state index contributed by atoms with van der Waals surface area (Å²) in [5, 5.41) is 0. The monoisotopic (exact) mass is 217 g/mol. The largest absolute Gasteiger partial charge is 0.326 e. The fraction of sp³-hybridized carbons (Fsp3) is 0.467. The van der Waals surface area contributed by atoms with Gasteiger partial charge in [-0.25, -0.2) is 0 Å². The van der Waals surface area contributed by atoms with Crippen LogP contribution in [0.25, 0.3) is 6.08 Å². The number of nitrogens with two attached hydrogens (primary N) is 1. The van der Waals surface area contributed by atoms with Gasteiger partial charge in [0.1, 0.15) is 0 Å². The van der Waals surface area contributed by atoms with Crippen LogP contribution in [0.5, 0.6) is 0 Å². The van der Waals surface area contributed by atoms with Gasteiger partial charge in [0.15, 0.2) is 0 Å². The van der Waals surface area contributed by atoms with E-state index in [1.165, 1.54) is 27.8 Å². The number of rotatable bonds is 5. The van der Waals surface area contributed by atoms with Gasteiger partial charge < -0.3 is 5.73 Å². The molecule has 0 aromatic heterocycles. The SMILES string of the molecule is C=Cc1c(CC)cc(CN)c(CC)c1CC. The van der Waals surface area contributed by atoms with Gasteiger partial charge in [0, 0.05) is 6.54 Å². The quantitative estimate of drug-likeness (QED) is 0.803. The van der Waals surface area contributed by atoms with Crippen LogP contribution in [0.4, 0.5) is 0 Å². The minimum Gasteiger partial charge on any atom is -0.326 e. The predicted octanol–water partition coefficient (Wildman–Crippen LogP) is 3.48. The third kappa shape index (κ3) is 2.19. The summed E-state index contributed by atoms with van der Waals surface area (Å²) in [6.45, 7) is 11.2. The summed E-state index contributed by atoms with van der Waals surface area (Å²) in [4.78, 5) is 0. The summed E-state index contributed by atoms with van der Waals surface area (Å²) >= 11 is 0. The fourth-order valence-electron chi connectivity index (χ4n) is 2.50. The van der Waals surface area contributed by atoms with Crippen LogP contribution in [0.15, 0.2) is 12.6 Å². The van der Waals surface area contributed by atoms with Crippen molar-refractivity contribution in [1.82, 2.24) is 0 Å². The van der Waals surface area contributed by atoms with Crippen LogP contribution in [0, 0.1) is 0 Å². The van der Waals surface area contributed by atoms with E-state index in [0.717, 1.165) is 19.3 Å². The van der Waals surface area contributed by atoms with E-state index in [1.54, 1.807) is 0 Å². The molecule has 0 fully saturated rings. The molecule has 0 heterocycles. The molecule has 0 saturated heterocycles. The van der Waals surface area contributed by atoms with Crippen molar-refractivity contribution in [2.24, 2.45) is 5.73 Å². The number of hydrogen-bond acceptors (Lipinski definition) is 1. The summed E-state index contributed by atoms with van der Waals surface area (Å²) in [6.07, 6.45) is 5.16. The van der Waals surface area contributed by atoms with Gasteiger partial charge in [0.05, 0.1) is 0 Å². The highest BCUT2D eigenvalue weighted by Gasteiger charge is 2.12. The van der Waals surface area contributed by atoms with Gasteiger partial charge >= 0.3 is 0 Å². The van der Waals surface area contributed by atoms with E-state index in [1.807, 2.05) is 6.08 Å². The molecule has 0 unspecified atom stereocenters. The molecule has 1 aromatic rings. The highest BCUT2D eigenvalue weighted by atomic mass is 14.5. The van der Waals surface area contributed by atoms with E-state index in [9.17, 15) is 0 Å². The zero-order chi connectivity index (χ0) is 12.1. The van der Waals surface area contributed by atoms with E-state index >= 15 is 0 Å². The molecule has 1 nitrogen and oxygen atoms in total. The minimum atomic E-state index is 0.639. The minimum absolute atomic E-state index is 0.639. The second-order valence-electron chi connectivity index (χ2n) is 4.03. The lowest BCUT2D eigenvalue weighted by Gasteiger charge is -2.18. The lowest BCUT2D eigenvalue weighted by molar-refractivity contribution is 0.942. The van der Waals surface area contributed by atoms with Crippen LogP contribution in [0.1, 0.15) is 48.6 Å². The number of benzene rings is 1. The Morgan fingerprint density at radius 2 is 1.69 bits per heavy atom. The maximum Gasteiger partial charge on any atom is 0.0181 e. The van der Waals surface area contributed by atoms with Crippen molar-refractivity contribution in [2.75, 3.05) is 0 Å². The summed E-state index contributed by atoms with van der Waals surface area (Å²) in [6, 6.07) is 2.26. The standard InChI is InChI=1S/C15H23N/c1-5-11-9-12(10-16)14(7-3)15(8-4)13(11)6-2/h6,9H,2,5,7-8,10,16H2,1,3-4H3. The molecule has 0 saturated carbocycles. The van der Waals surface area contributed by atoms with Crippen molar-refractivity contribution in [3.05, 3.63) is 40.5 Å². The molecule has 0 aliphatic heterocycles. The second-order valence-corrected chi connectivity index (χ2v) is 4.03. The molecule has 1 heteroatoms. The summed E-state index contributed by atoms with van der Waals surface area (Å²) < 4.78 is 0. The molecule has 1 rings (SSSR count). The molecule has 0 aliphatic carbocycles. The third-order valence-corrected chi connectivity index (χ3v) is 3.28. The van der Waals surface area contributed by atoms with Crippen molar-refractivity contribution in [3.63, 3.8) is 0 Å². The molecular formula is C15H23N. The highest BCUT2D eigenvalue weighted by molar-refractivity contribution is 5.61. The van der Waals surface area contributed by atoms with E-state index in [0.29, 0.717) is 6.54 Å². The molecule has 16 heavy (non-hydrogen) atoms. The lowest BCUT2D eigenvalue weighted by Crippen LogP contribution is -2.08. The fourth-order valence-corrected chi connectivity index (χ4v) is 2.50. The smallest absolute Gasteiger partial charge is 0.0181 e. The van der Waals surface area contributed by atoms with Gasteiger partial charge in [-0.15, -0.1) is 0 Å². The Bertz CT molecular complexity index is 378. The van der Waals surface area contributed by atoms with E-state index < -0.39 is 0 Å². The molecule has 0 aliphatic rings. The number of aryl methyl sites for hydroxylation is 1. The maximum absolute atomic E-state index is 5.84. The summed E-state index contributed by atoms with van der Waals surface area (Å²) in [5.74, 6) is 0. The van der Waals surface area contributed by atoms with E-state index in [4.69, 9.17) is 5.73 Å². The van der Waals surface area contributed by atoms with Gasteiger partial charge in [0.2, 0.25) is 0 Å². The predicted molar refractivity (Wildman–Crippen MR) is 72.6 cm³/mol. The van der Waals surface area contributed by atoms with Crippen molar-refractivity contribution in [2.45, 2.75) is 46.6 Å². The average Bonchev–Trinajstić information content (AvgIpc) is 2.35. The molecule has 0 radical (unpaired) electrons. The number of hydrogen-bond donors (Lipinski definition) is 1. The van der Waals surface area contributed by atoms with E-state index in [2.05, 4.69) is 33.4 Å². The first-order valence-corrected chi connectivity index (χ1v) is 6.22. The molecule has 1 aromatic carbocycles. The van der Waals surface area contributed by atoms with Gasteiger partial charge in [-0.1, -0.05) is 39.5 Å². The van der Waals surface area contributed by atoms with Gasteiger partial charge in [-0.2, -0.15) is 0 Å². The summed E-state index contributed by atoms with van der Waals surface area (Å²) in [7, 11) is 0. The second kappa shape index (κ2) is 5.86. The van der Waals surface area contributed by atoms with Crippen molar-refractivity contribution < 1.29 is 0 Å². The normalized spacial score (nSPS) is 10.5. The summed E-state index contributed by atoms with van der Waals surface area (Å²) in [5.41, 5.74) is 12.7. The maximum atomic E-state index is 5.84. The highest BCUT2D eigenvalue weighted by Crippen LogP contribution is 2.26. The first-order chi connectivity index (χ1) is 7.73. The third-order valence-electron chi connectivity index (χ3n) is 3.28. The van der Waals surface area contributed by atoms with Crippen molar-refractivity contribution in [3.8, 4) is 0 Å². The molecule has 0 spiro atoms. The van der Waals surface area contributed by atoms with Gasteiger partial charge in [-0.05, 0) is 47.1 Å². The van der Waals surface area contributed by atoms with Crippen LogP contribution in [0.2, 0.25) is 0 Å². The zero-order valence-electron chi connectivity index (χ0n) is 10.8. The van der Waals surface area contributed by atoms with Crippen LogP contribution in [0.3, 0.4) is 0 Å². The van der Waals surface area contributed by atoms with Crippen LogP contribution >= 0.6 is 0 Å². The first kappa shape index (κ1) is 13.0. The molecule has 88 valence electrons. The van der Waals surface area contributed by atoms with Crippen LogP contribution < -0.4 is 5.73 Å². The lowest BCUT2D eigenvalue weighted by atomic mass is 9.88. The average molecular weight is 217 g/mol. The van der Waals surface area contributed by atoms with Gasteiger partial charge in [-0.3, -0.25) is 0 Å². The van der Waals surface area contributed by atoms with Crippen molar-refractivity contribution >= 4 is 6.08 Å². The molecule has 0 atom stereocenters. The Balaban J connectivity index is 3.54. The Kier molecular flexibility index (Phi) is 4.75. The Morgan fingerprint density at radius 1 is 1.06 bits per heavy atom. The Labute approximate surface area is 99.4 Å². The molecule has 0 bridgehead atoms. The Morgan fingerprint density at radius 3 is 2.06 bits per heavy atom. The van der Waals surface area contributed by atoms with Crippen molar-refractivity contribution in [1.29, 1.82) is 0 Å². The zero-order valence-corrected chi connectivity index (χ0v) is 10.8. The van der Waals surface area contributed by atoms with Gasteiger partial charge in [0.25, 0.3) is 0 Å². The first-order valence-electron chi connectivity index (χ1n) is 6.22. The molecular weight excluding hydrogens is 194 g/mol. The molecule has 2 N–H and O–H groups in total. The molecule has 0 amide bonds. The topological polar surface area (TPSA) is 26.0 Å². The Hall–Kier alpha value is -1.08. The van der Waals surface area contributed by atoms with Crippen LogP contribution in [-0.2, 0) is 25.8 Å².